The Morgan fingerprint density at radius 1 is 1.16 bits per heavy atom. The summed E-state index contributed by atoms with van der Waals surface area (Å²) in [6.45, 7) is 1.86. The Morgan fingerprint density at radius 3 is 2.55 bits per heavy atom. The van der Waals surface area contributed by atoms with Crippen molar-refractivity contribution in [3.05, 3.63) is 76.2 Å². The highest BCUT2D eigenvalue weighted by atomic mass is 19.4. The molecule has 8 heteroatoms. The molecule has 0 unspecified atom stereocenters. The van der Waals surface area contributed by atoms with E-state index in [1.54, 1.807) is 23.9 Å². The molecule has 3 aromatic rings. The Hall–Kier alpha value is -3.16. The van der Waals surface area contributed by atoms with Gasteiger partial charge < -0.3 is 5.32 Å². The van der Waals surface area contributed by atoms with Crippen LogP contribution in [0, 0.1) is 12.7 Å². The molecule has 0 saturated heterocycles. The van der Waals surface area contributed by atoms with Crippen LogP contribution in [0.25, 0.3) is 11.3 Å². The Bertz CT molecular complexity index is 1150. The predicted octanol–water partition coefficient (Wildman–Crippen LogP) is 5.04. The van der Waals surface area contributed by atoms with Crippen LogP contribution in [0.3, 0.4) is 0 Å². The molecule has 1 aliphatic carbocycles. The summed E-state index contributed by atoms with van der Waals surface area (Å²) in [7, 11) is 1.73. The molecule has 0 bridgehead atoms. The van der Waals surface area contributed by atoms with E-state index in [1.165, 1.54) is 0 Å². The third kappa shape index (κ3) is 4.78. The number of aromatic nitrogens is 2. The largest absolute Gasteiger partial charge is 0.416 e. The number of halogens is 4. The zero-order valence-electron chi connectivity index (χ0n) is 17.1. The maximum absolute atomic E-state index is 13.7. The van der Waals surface area contributed by atoms with Gasteiger partial charge in [-0.05, 0) is 67.3 Å². The molecule has 0 spiro atoms. The number of carbonyl (C=O) groups excluding carboxylic acids is 1. The molecule has 0 aliphatic heterocycles. The topological polar surface area (TPSA) is 46.9 Å². The third-order valence-corrected chi connectivity index (χ3v) is 5.28. The van der Waals surface area contributed by atoms with Gasteiger partial charge >= 0.3 is 6.18 Å². The van der Waals surface area contributed by atoms with Crippen molar-refractivity contribution in [2.75, 3.05) is 0 Å². The maximum Gasteiger partial charge on any atom is 0.416 e. The van der Waals surface area contributed by atoms with Gasteiger partial charge in [0.15, 0.2) is 0 Å². The lowest BCUT2D eigenvalue weighted by molar-refractivity contribution is -0.137. The minimum Gasteiger partial charge on any atom is -0.349 e. The van der Waals surface area contributed by atoms with Crippen LogP contribution in [-0.4, -0.2) is 21.7 Å². The van der Waals surface area contributed by atoms with Crippen molar-refractivity contribution in [3.63, 3.8) is 0 Å². The van der Waals surface area contributed by atoms with Gasteiger partial charge in [-0.2, -0.15) is 18.3 Å². The average Bonchev–Trinajstić information content (AvgIpc) is 3.41. The Balaban J connectivity index is 1.57. The normalized spacial score (nSPS) is 14.0. The van der Waals surface area contributed by atoms with Crippen molar-refractivity contribution in [1.29, 1.82) is 0 Å². The number of benzene rings is 2. The van der Waals surface area contributed by atoms with E-state index in [0.29, 0.717) is 17.3 Å². The van der Waals surface area contributed by atoms with Gasteiger partial charge in [0, 0.05) is 30.6 Å². The second-order valence-corrected chi connectivity index (χ2v) is 7.94. The van der Waals surface area contributed by atoms with E-state index in [2.05, 4.69) is 10.4 Å². The van der Waals surface area contributed by atoms with Gasteiger partial charge in [-0.15, -0.1) is 0 Å². The summed E-state index contributed by atoms with van der Waals surface area (Å²) in [6, 6.07) is 10.00. The zero-order valence-corrected chi connectivity index (χ0v) is 17.1. The van der Waals surface area contributed by atoms with Gasteiger partial charge in [-0.3, -0.25) is 9.48 Å². The number of nitrogens with zero attached hydrogens (tertiary/aromatic N) is 2. The van der Waals surface area contributed by atoms with E-state index in [4.69, 9.17) is 0 Å². The summed E-state index contributed by atoms with van der Waals surface area (Å²) in [5.41, 5.74) is 2.70. The van der Waals surface area contributed by atoms with E-state index >= 15 is 0 Å². The van der Waals surface area contributed by atoms with Crippen molar-refractivity contribution in [1.82, 2.24) is 15.1 Å². The SMILES string of the molecule is Cc1cc(-c2cc(Cc3cc(F)cc(C(F)(F)F)c3)nn2C)ccc1C(=O)NC1CC1. The van der Waals surface area contributed by atoms with Crippen LogP contribution in [0.4, 0.5) is 17.6 Å². The minimum atomic E-state index is -4.61. The molecule has 1 amide bonds. The molecule has 1 saturated carbocycles. The first-order valence-corrected chi connectivity index (χ1v) is 9.91. The van der Waals surface area contributed by atoms with E-state index < -0.39 is 17.6 Å². The van der Waals surface area contributed by atoms with Crippen molar-refractivity contribution in [2.45, 2.75) is 38.4 Å². The maximum atomic E-state index is 13.7. The fraction of sp³-hybridized carbons (Fsp3) is 0.304. The van der Waals surface area contributed by atoms with Crippen LogP contribution in [0.5, 0.6) is 0 Å². The molecule has 1 aliphatic rings. The number of amides is 1. The van der Waals surface area contributed by atoms with Crippen molar-refractivity contribution in [3.8, 4) is 11.3 Å². The Morgan fingerprint density at radius 2 is 1.90 bits per heavy atom. The van der Waals surface area contributed by atoms with Crippen LogP contribution >= 0.6 is 0 Å². The standard InChI is InChI=1S/C23H21F4N3O/c1-13-7-15(3-6-20(13)22(31)28-18-4-5-18)21-12-19(29-30(21)2)10-14-8-16(23(25,26)27)11-17(24)9-14/h3,6-9,11-12,18H,4-5,10H2,1-2H3,(H,28,31). The van der Waals surface area contributed by atoms with Crippen LogP contribution in [0.15, 0.2) is 42.5 Å². The monoisotopic (exact) mass is 431 g/mol. The van der Waals surface area contributed by atoms with Gasteiger partial charge in [0.25, 0.3) is 5.91 Å². The number of alkyl halides is 3. The van der Waals surface area contributed by atoms with Gasteiger partial charge in [-0.25, -0.2) is 4.39 Å². The Kier molecular flexibility index (Phi) is 5.33. The second-order valence-electron chi connectivity index (χ2n) is 7.94. The molecular formula is C23H21F4N3O. The number of hydrogen-bond donors (Lipinski definition) is 1. The molecule has 162 valence electrons. The van der Waals surface area contributed by atoms with E-state index in [1.807, 2.05) is 19.1 Å². The molecular weight excluding hydrogens is 410 g/mol. The molecule has 0 atom stereocenters. The number of nitrogens with one attached hydrogen (secondary N) is 1. The molecule has 4 nitrogen and oxygen atoms in total. The van der Waals surface area contributed by atoms with Crippen LogP contribution in [0.1, 0.15) is 45.6 Å². The number of hydrogen-bond acceptors (Lipinski definition) is 2. The summed E-state index contributed by atoms with van der Waals surface area (Å²) in [6.07, 6.45) is -2.53. The summed E-state index contributed by atoms with van der Waals surface area (Å²) >= 11 is 0. The highest BCUT2D eigenvalue weighted by Gasteiger charge is 2.31. The number of aryl methyl sites for hydroxylation is 2. The third-order valence-electron chi connectivity index (χ3n) is 5.28. The summed E-state index contributed by atoms with van der Waals surface area (Å²) < 4.78 is 54.2. The zero-order chi connectivity index (χ0) is 22.3. The molecule has 1 aromatic heterocycles. The molecule has 1 fully saturated rings. The van der Waals surface area contributed by atoms with Gasteiger partial charge in [0.1, 0.15) is 5.82 Å². The summed E-state index contributed by atoms with van der Waals surface area (Å²) in [4.78, 5) is 12.3. The predicted molar refractivity (Wildman–Crippen MR) is 108 cm³/mol. The summed E-state index contributed by atoms with van der Waals surface area (Å²) in [5.74, 6) is -1.03. The lowest BCUT2D eigenvalue weighted by Gasteiger charge is -2.09. The van der Waals surface area contributed by atoms with Gasteiger partial charge in [-0.1, -0.05) is 6.07 Å². The Labute approximate surface area is 176 Å². The van der Waals surface area contributed by atoms with Gasteiger partial charge in [0.2, 0.25) is 0 Å². The first-order chi connectivity index (χ1) is 14.6. The molecule has 1 N–H and O–H groups in total. The quantitative estimate of drug-likeness (QED) is 0.576. The molecule has 31 heavy (non-hydrogen) atoms. The lowest BCUT2D eigenvalue weighted by atomic mass is 10.0. The van der Waals surface area contributed by atoms with Crippen molar-refractivity contribution >= 4 is 5.91 Å². The van der Waals surface area contributed by atoms with Crippen LogP contribution in [-0.2, 0) is 19.6 Å². The first kappa shape index (κ1) is 21.1. The highest BCUT2D eigenvalue weighted by Crippen LogP contribution is 2.31. The van der Waals surface area contributed by atoms with Gasteiger partial charge in [0.05, 0.1) is 17.0 Å². The molecule has 4 rings (SSSR count). The number of carbonyl (C=O) groups is 1. The average molecular weight is 431 g/mol. The van der Waals surface area contributed by atoms with Crippen molar-refractivity contribution in [2.24, 2.45) is 7.05 Å². The number of rotatable bonds is 5. The van der Waals surface area contributed by atoms with E-state index in [-0.39, 0.29) is 23.9 Å². The van der Waals surface area contributed by atoms with Crippen LogP contribution in [0.2, 0.25) is 0 Å². The lowest BCUT2D eigenvalue weighted by Crippen LogP contribution is -2.26. The minimum absolute atomic E-state index is 0.0650. The van der Waals surface area contributed by atoms with E-state index in [9.17, 15) is 22.4 Å². The molecule has 0 radical (unpaired) electrons. The van der Waals surface area contributed by atoms with E-state index in [0.717, 1.165) is 41.8 Å². The fourth-order valence-electron chi connectivity index (χ4n) is 3.58. The van der Waals surface area contributed by atoms with Crippen LogP contribution < -0.4 is 5.32 Å². The fourth-order valence-corrected chi connectivity index (χ4v) is 3.58. The summed E-state index contributed by atoms with van der Waals surface area (Å²) in [5, 5.41) is 7.34. The highest BCUT2D eigenvalue weighted by molar-refractivity contribution is 5.96. The molecule has 2 aromatic carbocycles. The second kappa shape index (κ2) is 7.83. The smallest absolute Gasteiger partial charge is 0.349 e. The van der Waals surface area contributed by atoms with Crippen molar-refractivity contribution < 1.29 is 22.4 Å². The molecule has 1 heterocycles. The first-order valence-electron chi connectivity index (χ1n) is 9.91.